The largest absolute Gasteiger partial charge is 0.448 e. The van der Waals surface area contributed by atoms with E-state index in [-0.39, 0.29) is 5.88 Å². The fourth-order valence-electron chi connectivity index (χ4n) is 1.16. The third-order valence-electron chi connectivity index (χ3n) is 1.80. The van der Waals surface area contributed by atoms with Gasteiger partial charge in [0, 0.05) is 0 Å². The van der Waals surface area contributed by atoms with Gasteiger partial charge in [-0.05, 0) is 18.2 Å². The summed E-state index contributed by atoms with van der Waals surface area (Å²) in [6.45, 7) is 0. The van der Waals surface area contributed by atoms with Crippen LogP contribution in [0.25, 0.3) is 0 Å². The molecule has 5 heteroatoms. The van der Waals surface area contributed by atoms with Crippen LogP contribution in [0, 0.1) is 22.7 Å². The lowest BCUT2D eigenvalue weighted by Gasteiger charge is -2.01. The highest BCUT2D eigenvalue weighted by molar-refractivity contribution is 5.46. The molecule has 2 rings (SSSR count). The van der Waals surface area contributed by atoms with Crippen molar-refractivity contribution in [1.82, 2.24) is 4.98 Å². The molecule has 0 spiro atoms. The third-order valence-corrected chi connectivity index (χ3v) is 1.80. The average molecular weight is 211 g/mol. The van der Waals surface area contributed by atoms with Gasteiger partial charge in [-0.15, -0.1) is 0 Å². The Kier molecular flexibility index (Phi) is 2.53. The lowest BCUT2D eigenvalue weighted by molar-refractivity contribution is 0.457. The first-order valence-corrected chi connectivity index (χ1v) is 4.33. The molecule has 0 aliphatic rings. The molecule has 0 saturated carbocycles. The summed E-state index contributed by atoms with van der Waals surface area (Å²) in [7, 11) is 0. The van der Waals surface area contributed by atoms with E-state index in [1.165, 1.54) is 30.9 Å². The van der Waals surface area contributed by atoms with E-state index in [0.717, 1.165) is 0 Å². The van der Waals surface area contributed by atoms with Crippen molar-refractivity contribution in [3.05, 3.63) is 42.0 Å². The van der Waals surface area contributed by atoms with Crippen molar-refractivity contribution in [2.24, 2.45) is 0 Å². The number of hydrogen-bond donors (Lipinski definition) is 0. The van der Waals surface area contributed by atoms with Gasteiger partial charge in [0.2, 0.25) is 0 Å². The molecule has 1 aromatic carbocycles. The van der Waals surface area contributed by atoms with Crippen molar-refractivity contribution in [3.63, 3.8) is 0 Å². The number of oxazole rings is 1. The molecule has 0 bridgehead atoms. The smallest absolute Gasteiger partial charge is 0.258 e. The minimum Gasteiger partial charge on any atom is -0.448 e. The molecule has 76 valence electrons. The highest BCUT2D eigenvalue weighted by atomic mass is 16.5. The summed E-state index contributed by atoms with van der Waals surface area (Å²) < 4.78 is 10.0. The van der Waals surface area contributed by atoms with Gasteiger partial charge in [0.05, 0.1) is 23.3 Å². The second kappa shape index (κ2) is 4.16. The van der Waals surface area contributed by atoms with Crippen LogP contribution in [0.4, 0.5) is 0 Å². The molecule has 0 fully saturated rings. The van der Waals surface area contributed by atoms with Crippen molar-refractivity contribution in [2.45, 2.75) is 0 Å². The van der Waals surface area contributed by atoms with Gasteiger partial charge in [-0.3, -0.25) is 0 Å². The number of benzene rings is 1. The summed E-state index contributed by atoms with van der Waals surface area (Å²) >= 11 is 0. The van der Waals surface area contributed by atoms with Gasteiger partial charge in [0.1, 0.15) is 5.75 Å². The van der Waals surface area contributed by atoms with Crippen LogP contribution in [0.3, 0.4) is 0 Å². The molecule has 16 heavy (non-hydrogen) atoms. The highest BCUT2D eigenvalue weighted by Gasteiger charge is 2.04. The zero-order valence-electron chi connectivity index (χ0n) is 8.04. The number of aromatic nitrogens is 1. The Bertz CT molecular complexity index is 544. The van der Waals surface area contributed by atoms with Crippen molar-refractivity contribution >= 4 is 0 Å². The molecule has 0 N–H and O–H groups in total. The maximum absolute atomic E-state index is 8.76. The van der Waals surface area contributed by atoms with Gasteiger partial charge in [-0.1, -0.05) is 0 Å². The zero-order valence-corrected chi connectivity index (χ0v) is 8.04. The van der Waals surface area contributed by atoms with E-state index >= 15 is 0 Å². The van der Waals surface area contributed by atoms with Crippen molar-refractivity contribution < 1.29 is 9.15 Å². The van der Waals surface area contributed by atoms with Crippen LogP contribution >= 0.6 is 0 Å². The average Bonchev–Trinajstić information content (AvgIpc) is 2.81. The molecular formula is C11H5N3O2. The SMILES string of the molecule is N#Cc1cc(C#N)cc(Oc2cocn2)c1. The van der Waals surface area contributed by atoms with Crippen molar-refractivity contribution in [3.8, 4) is 23.8 Å². The number of hydrogen-bond acceptors (Lipinski definition) is 5. The first-order chi connectivity index (χ1) is 7.81. The zero-order chi connectivity index (χ0) is 11.4. The first kappa shape index (κ1) is 9.75. The summed E-state index contributed by atoms with van der Waals surface area (Å²) in [5.74, 6) is 0.656. The van der Waals surface area contributed by atoms with Crippen LogP contribution in [0.1, 0.15) is 11.1 Å². The van der Waals surface area contributed by atoms with E-state index in [1.54, 1.807) is 0 Å². The van der Waals surface area contributed by atoms with Crippen LogP contribution in [0.15, 0.2) is 35.3 Å². The first-order valence-electron chi connectivity index (χ1n) is 4.33. The second-order valence-corrected chi connectivity index (χ2v) is 2.90. The number of rotatable bonds is 2. The van der Waals surface area contributed by atoms with Gasteiger partial charge in [-0.25, -0.2) is 0 Å². The van der Waals surface area contributed by atoms with Crippen molar-refractivity contribution in [2.75, 3.05) is 0 Å². The van der Waals surface area contributed by atoms with Gasteiger partial charge >= 0.3 is 0 Å². The molecule has 0 radical (unpaired) electrons. The molecule has 0 amide bonds. The Morgan fingerprint density at radius 2 is 1.81 bits per heavy atom. The quantitative estimate of drug-likeness (QED) is 0.760. The van der Waals surface area contributed by atoms with E-state index in [1.807, 2.05) is 12.1 Å². The predicted octanol–water partition coefficient (Wildman–Crippen LogP) is 2.21. The molecule has 2 aromatic rings. The van der Waals surface area contributed by atoms with E-state index in [0.29, 0.717) is 16.9 Å². The Labute approximate surface area is 91.1 Å². The Morgan fingerprint density at radius 3 is 2.31 bits per heavy atom. The maximum atomic E-state index is 8.76. The number of ether oxygens (including phenoxy) is 1. The Hall–Kier alpha value is -2.79. The van der Waals surface area contributed by atoms with Gasteiger partial charge in [0.15, 0.2) is 12.7 Å². The van der Waals surface area contributed by atoms with Gasteiger partial charge in [0.25, 0.3) is 5.88 Å². The minimum atomic E-state index is 0.277. The van der Waals surface area contributed by atoms with Crippen molar-refractivity contribution in [1.29, 1.82) is 10.5 Å². The topological polar surface area (TPSA) is 82.8 Å². The summed E-state index contributed by atoms with van der Waals surface area (Å²) in [4.78, 5) is 3.77. The second-order valence-electron chi connectivity index (χ2n) is 2.90. The van der Waals surface area contributed by atoms with E-state index < -0.39 is 0 Å². The summed E-state index contributed by atoms with van der Waals surface area (Å²) in [6.07, 6.45) is 2.56. The molecule has 1 aromatic heterocycles. The Balaban J connectivity index is 2.35. The normalized spacial score (nSPS) is 9.12. The molecule has 0 saturated heterocycles. The maximum Gasteiger partial charge on any atom is 0.258 e. The summed E-state index contributed by atoms with van der Waals surface area (Å²) in [5.41, 5.74) is 0.718. The minimum absolute atomic E-state index is 0.277. The standard InChI is InChI=1S/C11H5N3O2/c12-4-8-1-9(5-13)3-10(2-8)16-11-6-15-7-14-11/h1-3,6-7H. The number of nitrogens with zero attached hydrogens (tertiary/aromatic N) is 3. The fraction of sp³-hybridized carbons (Fsp3) is 0. The van der Waals surface area contributed by atoms with Crippen LogP contribution < -0.4 is 4.74 Å². The van der Waals surface area contributed by atoms with Crippen LogP contribution in [-0.4, -0.2) is 4.98 Å². The monoisotopic (exact) mass is 211 g/mol. The number of nitriles is 2. The van der Waals surface area contributed by atoms with Gasteiger partial charge in [-0.2, -0.15) is 15.5 Å². The van der Waals surface area contributed by atoms with E-state index in [9.17, 15) is 0 Å². The van der Waals surface area contributed by atoms with Crippen LogP contribution in [-0.2, 0) is 0 Å². The van der Waals surface area contributed by atoms with Crippen LogP contribution in [0.2, 0.25) is 0 Å². The molecule has 0 atom stereocenters. The van der Waals surface area contributed by atoms with E-state index in [2.05, 4.69) is 4.98 Å². The molecule has 0 aliphatic carbocycles. The van der Waals surface area contributed by atoms with E-state index in [4.69, 9.17) is 19.7 Å². The summed E-state index contributed by atoms with van der Waals surface area (Å²) in [5, 5.41) is 17.5. The third kappa shape index (κ3) is 1.99. The lowest BCUT2D eigenvalue weighted by Crippen LogP contribution is -1.87. The molecule has 0 unspecified atom stereocenters. The van der Waals surface area contributed by atoms with Crippen LogP contribution in [0.5, 0.6) is 11.6 Å². The predicted molar refractivity (Wildman–Crippen MR) is 52.4 cm³/mol. The fourth-order valence-corrected chi connectivity index (χ4v) is 1.16. The molecule has 0 aliphatic heterocycles. The van der Waals surface area contributed by atoms with Gasteiger partial charge < -0.3 is 9.15 Å². The Morgan fingerprint density at radius 1 is 1.12 bits per heavy atom. The summed E-state index contributed by atoms with van der Waals surface area (Å²) in [6, 6.07) is 8.42. The lowest BCUT2D eigenvalue weighted by atomic mass is 10.1. The molecular weight excluding hydrogens is 206 g/mol. The highest BCUT2D eigenvalue weighted by Crippen LogP contribution is 2.22. The molecule has 5 nitrogen and oxygen atoms in total. The molecule has 1 heterocycles.